The summed E-state index contributed by atoms with van der Waals surface area (Å²) in [4.78, 5) is 34.8. The first-order valence-electron chi connectivity index (χ1n) is 8.74. The van der Waals surface area contributed by atoms with E-state index in [1.165, 1.54) is 5.06 Å². The summed E-state index contributed by atoms with van der Waals surface area (Å²) in [6, 6.07) is 9.44. The van der Waals surface area contributed by atoms with Crippen molar-refractivity contribution in [2.24, 2.45) is 5.92 Å². The number of fused-ring (bicyclic) bond motifs is 4. The van der Waals surface area contributed by atoms with Crippen molar-refractivity contribution in [2.45, 2.75) is 38.5 Å². The van der Waals surface area contributed by atoms with Gasteiger partial charge in [-0.1, -0.05) is 37.3 Å². The molecule has 0 radical (unpaired) electrons. The molecule has 0 spiro atoms. The molecule has 3 saturated heterocycles. The Labute approximate surface area is 141 Å². The molecule has 3 amide bonds. The first kappa shape index (κ1) is 15.4. The van der Waals surface area contributed by atoms with Crippen LogP contribution in [0, 0.1) is 5.92 Å². The van der Waals surface area contributed by atoms with E-state index in [0.29, 0.717) is 13.2 Å². The summed E-state index contributed by atoms with van der Waals surface area (Å²) in [5, 5.41) is 1.50. The minimum atomic E-state index is -0.286. The number of carbonyl (C=O) groups excluding carboxylic acids is 2. The Morgan fingerprint density at radius 2 is 1.96 bits per heavy atom. The first-order valence-corrected chi connectivity index (χ1v) is 8.74. The Morgan fingerprint density at radius 3 is 2.71 bits per heavy atom. The number of hydrogen-bond donors (Lipinski definition) is 0. The third-order valence-electron chi connectivity index (χ3n) is 5.26. The molecule has 24 heavy (non-hydrogen) atoms. The maximum absolute atomic E-state index is 12.7. The first-order chi connectivity index (χ1) is 11.7. The topological polar surface area (TPSA) is 53.1 Å². The van der Waals surface area contributed by atoms with Crippen molar-refractivity contribution >= 4 is 11.9 Å². The van der Waals surface area contributed by atoms with Crippen LogP contribution >= 0.6 is 0 Å². The maximum Gasteiger partial charge on any atom is 0.345 e. The van der Waals surface area contributed by atoms with Crippen LogP contribution in [0.3, 0.4) is 0 Å². The predicted molar refractivity (Wildman–Crippen MR) is 87.7 cm³/mol. The fourth-order valence-electron chi connectivity index (χ4n) is 4.22. The van der Waals surface area contributed by atoms with Crippen LogP contribution in [0.4, 0.5) is 4.79 Å². The molecule has 128 valence electrons. The molecular weight excluding hydrogens is 306 g/mol. The number of urea groups is 1. The number of likely N-dealkylation sites (tertiary alicyclic amines) is 1. The smallest absolute Gasteiger partial charge is 0.341 e. The lowest BCUT2D eigenvalue weighted by atomic mass is 9.90. The van der Waals surface area contributed by atoms with E-state index in [4.69, 9.17) is 4.84 Å². The highest BCUT2D eigenvalue weighted by atomic mass is 16.7. The second-order valence-corrected chi connectivity index (χ2v) is 6.90. The van der Waals surface area contributed by atoms with Gasteiger partial charge in [-0.05, 0) is 18.4 Å². The molecule has 6 heteroatoms. The molecule has 3 aliphatic heterocycles. The number of hydrogen-bond acceptors (Lipinski definition) is 3. The molecular formula is C18H23N3O3. The van der Waals surface area contributed by atoms with Gasteiger partial charge in [-0.2, -0.15) is 5.06 Å². The highest BCUT2D eigenvalue weighted by Gasteiger charge is 2.56. The number of nitrogens with zero attached hydrogens (tertiary/aromatic N) is 3. The number of rotatable bonds is 5. The Kier molecular flexibility index (Phi) is 3.92. The van der Waals surface area contributed by atoms with Gasteiger partial charge in [-0.15, -0.1) is 0 Å². The minimum absolute atomic E-state index is 0.0526. The molecule has 3 heterocycles. The Balaban J connectivity index is 1.45. The van der Waals surface area contributed by atoms with Crippen molar-refractivity contribution in [3.63, 3.8) is 0 Å². The van der Waals surface area contributed by atoms with E-state index < -0.39 is 0 Å². The fraction of sp³-hybridized carbons (Fsp3) is 0.556. The molecule has 2 bridgehead atoms. The quantitative estimate of drug-likeness (QED) is 0.829. The summed E-state index contributed by atoms with van der Waals surface area (Å²) in [7, 11) is 0. The Morgan fingerprint density at radius 1 is 1.17 bits per heavy atom. The lowest BCUT2D eigenvalue weighted by molar-refractivity contribution is -0.142. The van der Waals surface area contributed by atoms with Gasteiger partial charge in [-0.25, -0.2) is 4.79 Å². The van der Waals surface area contributed by atoms with E-state index >= 15 is 0 Å². The van der Waals surface area contributed by atoms with Crippen LogP contribution in [0.1, 0.15) is 25.3 Å². The van der Waals surface area contributed by atoms with Crippen molar-refractivity contribution in [1.29, 1.82) is 0 Å². The predicted octanol–water partition coefficient (Wildman–Crippen LogP) is 1.87. The van der Waals surface area contributed by atoms with E-state index in [1.54, 1.807) is 4.90 Å². The van der Waals surface area contributed by atoms with Crippen molar-refractivity contribution in [3.8, 4) is 0 Å². The van der Waals surface area contributed by atoms with Crippen molar-refractivity contribution in [2.75, 3.05) is 19.6 Å². The summed E-state index contributed by atoms with van der Waals surface area (Å²) in [5.41, 5.74) is 1.03. The molecule has 0 saturated carbocycles. The van der Waals surface area contributed by atoms with Gasteiger partial charge in [0, 0.05) is 25.6 Å². The molecule has 0 N–H and O–H groups in total. The minimum Gasteiger partial charge on any atom is -0.341 e. The summed E-state index contributed by atoms with van der Waals surface area (Å²) in [6.07, 6.45) is 1.79. The van der Waals surface area contributed by atoms with E-state index in [1.807, 2.05) is 35.2 Å². The number of hydroxylamine groups is 2. The zero-order valence-corrected chi connectivity index (χ0v) is 13.9. The number of piperidine rings is 1. The number of carbonyl (C=O) groups is 2. The summed E-state index contributed by atoms with van der Waals surface area (Å²) in [6.45, 7) is 4.60. The second-order valence-electron chi connectivity index (χ2n) is 6.90. The van der Waals surface area contributed by atoms with E-state index in [0.717, 1.165) is 31.5 Å². The molecule has 0 aromatic heterocycles. The zero-order valence-electron chi connectivity index (χ0n) is 13.9. The molecule has 4 rings (SSSR count). The van der Waals surface area contributed by atoms with E-state index in [-0.39, 0.29) is 29.9 Å². The number of amides is 3. The van der Waals surface area contributed by atoms with Crippen LogP contribution in [-0.4, -0.2) is 58.5 Å². The van der Waals surface area contributed by atoms with E-state index in [2.05, 4.69) is 6.92 Å². The Bertz CT molecular complexity index is 636. The van der Waals surface area contributed by atoms with Crippen LogP contribution in [0.2, 0.25) is 0 Å². The Hall–Kier alpha value is -2.08. The fourth-order valence-corrected chi connectivity index (χ4v) is 4.22. The monoisotopic (exact) mass is 329 g/mol. The summed E-state index contributed by atoms with van der Waals surface area (Å²) >= 11 is 0. The van der Waals surface area contributed by atoms with Crippen LogP contribution in [0.25, 0.3) is 0 Å². The van der Waals surface area contributed by atoms with Gasteiger partial charge in [0.15, 0.2) is 0 Å². The van der Waals surface area contributed by atoms with Gasteiger partial charge in [0.1, 0.15) is 12.6 Å². The third-order valence-corrected chi connectivity index (χ3v) is 5.26. The molecule has 1 aromatic rings. The van der Waals surface area contributed by atoms with Crippen LogP contribution in [0.5, 0.6) is 0 Å². The van der Waals surface area contributed by atoms with Gasteiger partial charge in [0.2, 0.25) is 5.91 Å². The second kappa shape index (κ2) is 6.09. The maximum atomic E-state index is 12.7. The highest BCUT2D eigenvalue weighted by molar-refractivity contribution is 5.90. The molecule has 3 fully saturated rings. The molecule has 1 aromatic carbocycles. The standard InChI is InChI=1S/C18H23N3O3/c1-2-8-19-10-14-9-15-11-20(16(14)17(19)22)18(23)21(15)24-12-13-6-4-3-5-7-13/h3-7,14-16H,2,8-12H2,1H3/t14-,15+,16-/m0/s1. The van der Waals surface area contributed by atoms with Gasteiger partial charge in [-0.3, -0.25) is 9.63 Å². The van der Waals surface area contributed by atoms with E-state index in [9.17, 15) is 9.59 Å². The molecule has 6 nitrogen and oxygen atoms in total. The largest absolute Gasteiger partial charge is 0.345 e. The SMILES string of the molecule is CCCN1C[C@@H]2C[C@@H]3CN(C(=O)N3OCc3ccccc3)[C@@H]2C1=O. The average Bonchev–Trinajstić information content (AvgIpc) is 3.03. The van der Waals surface area contributed by atoms with Crippen LogP contribution in [-0.2, 0) is 16.2 Å². The number of benzene rings is 1. The van der Waals surface area contributed by atoms with Gasteiger partial charge >= 0.3 is 6.03 Å². The van der Waals surface area contributed by atoms with Gasteiger partial charge in [0.25, 0.3) is 0 Å². The van der Waals surface area contributed by atoms with Crippen molar-refractivity contribution in [1.82, 2.24) is 14.9 Å². The molecule has 0 aliphatic carbocycles. The lowest BCUT2D eigenvalue weighted by Gasteiger charge is -2.30. The van der Waals surface area contributed by atoms with Gasteiger partial charge in [0.05, 0.1) is 6.04 Å². The third kappa shape index (κ3) is 2.45. The van der Waals surface area contributed by atoms with Crippen LogP contribution < -0.4 is 0 Å². The zero-order chi connectivity index (χ0) is 16.7. The summed E-state index contributed by atoms with van der Waals surface area (Å²) < 4.78 is 0. The molecule has 3 aliphatic rings. The van der Waals surface area contributed by atoms with Crippen LogP contribution in [0.15, 0.2) is 30.3 Å². The van der Waals surface area contributed by atoms with Gasteiger partial charge < -0.3 is 9.80 Å². The van der Waals surface area contributed by atoms with Crippen molar-refractivity contribution < 1.29 is 14.4 Å². The molecule has 3 atom stereocenters. The average molecular weight is 329 g/mol. The normalized spacial score (nSPS) is 28.7. The highest BCUT2D eigenvalue weighted by Crippen LogP contribution is 2.38. The summed E-state index contributed by atoms with van der Waals surface area (Å²) in [5.74, 6) is 0.343. The molecule has 0 unspecified atom stereocenters. The lowest BCUT2D eigenvalue weighted by Crippen LogP contribution is -2.48. The van der Waals surface area contributed by atoms with Crippen molar-refractivity contribution in [3.05, 3.63) is 35.9 Å².